The minimum absolute atomic E-state index is 0.0141. The maximum Gasteiger partial charge on any atom is 0.191 e. The van der Waals surface area contributed by atoms with E-state index in [0.717, 1.165) is 12.3 Å². The van der Waals surface area contributed by atoms with Crippen LogP contribution in [-0.2, 0) is 9.84 Å². The van der Waals surface area contributed by atoms with Gasteiger partial charge in [0.25, 0.3) is 0 Å². The Labute approximate surface area is 207 Å². The largest absolute Gasteiger partial charge is 0.497 e. The molecule has 0 fully saturated rings. The van der Waals surface area contributed by atoms with Crippen LogP contribution >= 0.6 is 0 Å². The van der Waals surface area contributed by atoms with Crippen molar-refractivity contribution in [3.8, 4) is 11.5 Å². The summed E-state index contributed by atoms with van der Waals surface area (Å²) in [6.07, 6.45) is 2.54. The minimum Gasteiger partial charge on any atom is -0.497 e. The molecular weight excluding hydrogens is 490 g/mol. The van der Waals surface area contributed by atoms with E-state index in [1.807, 2.05) is 0 Å². The Morgan fingerprint density at radius 1 is 1.03 bits per heavy atom. The molecule has 0 amide bonds. The number of methoxy groups -OCH3 is 2. The van der Waals surface area contributed by atoms with Gasteiger partial charge in [-0.1, -0.05) is 0 Å². The van der Waals surface area contributed by atoms with Gasteiger partial charge in [-0.05, 0) is 43.3 Å². The molecule has 36 heavy (non-hydrogen) atoms. The Hall–Kier alpha value is -3.92. The number of carbonyl (C=O) groups excluding carboxylic acids is 1. The average Bonchev–Trinajstić information content (AvgIpc) is 3.28. The highest BCUT2D eigenvalue weighted by molar-refractivity contribution is 7.90. The quantitative estimate of drug-likeness (QED) is 0.313. The number of H-pyrrole nitrogens is 1. The Bertz CT molecular complexity index is 1580. The van der Waals surface area contributed by atoms with Crippen LogP contribution in [0.4, 0.5) is 14.5 Å². The summed E-state index contributed by atoms with van der Waals surface area (Å²) in [6, 6.07) is 9.72. The molecule has 0 aliphatic carbocycles. The predicted octanol–water partition coefficient (Wildman–Crippen LogP) is 5.21. The van der Waals surface area contributed by atoms with Gasteiger partial charge in [-0.2, -0.15) is 0 Å². The van der Waals surface area contributed by atoms with Crippen LogP contribution in [0.5, 0.6) is 11.5 Å². The maximum absolute atomic E-state index is 14.1. The molecule has 4 aromatic rings. The van der Waals surface area contributed by atoms with Gasteiger partial charge in [0.2, 0.25) is 0 Å². The lowest BCUT2D eigenvalue weighted by Gasteiger charge is -2.22. The van der Waals surface area contributed by atoms with Crippen molar-refractivity contribution < 1.29 is 31.5 Å². The first kappa shape index (κ1) is 25.2. The molecule has 1 heterocycles. The summed E-state index contributed by atoms with van der Waals surface area (Å²) in [5, 5.41) is 3.58. The van der Waals surface area contributed by atoms with Gasteiger partial charge in [-0.15, -0.1) is 0 Å². The molecule has 0 spiro atoms. The van der Waals surface area contributed by atoms with E-state index in [1.165, 1.54) is 56.8 Å². The fraction of sp³-hybridized carbons (Fsp3) is 0.192. The molecule has 10 heteroatoms. The highest BCUT2D eigenvalue weighted by Gasteiger charge is 2.28. The summed E-state index contributed by atoms with van der Waals surface area (Å²) in [5.41, 5.74) is 1.70. The molecule has 0 bridgehead atoms. The summed E-state index contributed by atoms with van der Waals surface area (Å²) in [4.78, 5) is 16.9. The zero-order chi connectivity index (χ0) is 26.2. The number of aryl methyl sites for hydroxylation is 1. The van der Waals surface area contributed by atoms with E-state index in [2.05, 4.69) is 10.3 Å². The molecule has 0 saturated carbocycles. The van der Waals surface area contributed by atoms with Crippen LogP contribution in [0.1, 0.15) is 27.5 Å². The first-order valence-corrected chi connectivity index (χ1v) is 12.7. The van der Waals surface area contributed by atoms with Crippen molar-refractivity contribution in [2.24, 2.45) is 0 Å². The van der Waals surface area contributed by atoms with Crippen LogP contribution in [0.25, 0.3) is 10.9 Å². The van der Waals surface area contributed by atoms with E-state index in [1.54, 1.807) is 13.0 Å². The number of carbonyl (C=O) groups is 1. The van der Waals surface area contributed by atoms with E-state index in [-0.39, 0.29) is 27.6 Å². The molecule has 0 saturated heterocycles. The summed E-state index contributed by atoms with van der Waals surface area (Å²) < 4.78 is 63.1. The van der Waals surface area contributed by atoms with E-state index in [9.17, 15) is 22.0 Å². The normalized spacial score (nSPS) is 12.4. The molecule has 4 rings (SSSR count). The number of fused-ring (bicyclic) bond motifs is 1. The molecule has 3 aromatic carbocycles. The lowest BCUT2D eigenvalue weighted by Crippen LogP contribution is -2.22. The number of hydrogen-bond donors (Lipinski definition) is 2. The number of aromatic nitrogens is 1. The number of Topliss-reactive ketones (excluding diaryl/α,β-unsaturated/α-hetero) is 1. The van der Waals surface area contributed by atoms with Gasteiger partial charge in [0, 0.05) is 52.3 Å². The lowest BCUT2D eigenvalue weighted by molar-refractivity contribution is 0.0970. The van der Waals surface area contributed by atoms with Crippen molar-refractivity contribution in [3.05, 3.63) is 83.1 Å². The monoisotopic (exact) mass is 514 g/mol. The van der Waals surface area contributed by atoms with Crippen LogP contribution in [0.3, 0.4) is 0 Å². The standard InChI is InChI=1S/C26H24F2N2O5S/c1-14-22(28)8-7-19-21(13-29-24(14)19)26(31)25(20-6-5-15(27)9-23(20)35-3)30-16-10-17(34-2)12-18(11-16)36(4,32)33/h5-13,25,29-30H,1-4H3. The van der Waals surface area contributed by atoms with Crippen molar-refractivity contribution in [3.63, 3.8) is 0 Å². The van der Waals surface area contributed by atoms with Crippen LogP contribution in [0.2, 0.25) is 0 Å². The zero-order valence-electron chi connectivity index (χ0n) is 20.0. The van der Waals surface area contributed by atoms with E-state index < -0.39 is 33.3 Å². The first-order chi connectivity index (χ1) is 17.0. The topological polar surface area (TPSA) is 97.5 Å². The van der Waals surface area contributed by atoms with Crippen molar-refractivity contribution in [1.29, 1.82) is 0 Å². The number of benzene rings is 3. The number of hydrogen-bond acceptors (Lipinski definition) is 6. The SMILES string of the molecule is COc1cc(NC(C(=O)c2c[nH]c3c(C)c(F)ccc23)c2ccc(F)cc2OC)cc(S(C)(=O)=O)c1. The molecule has 0 aliphatic heterocycles. The Morgan fingerprint density at radius 3 is 2.44 bits per heavy atom. The van der Waals surface area contributed by atoms with Crippen LogP contribution in [0, 0.1) is 18.6 Å². The number of ether oxygens (including phenoxy) is 2. The number of nitrogens with one attached hydrogen (secondary N) is 2. The smallest absolute Gasteiger partial charge is 0.191 e. The molecule has 1 aromatic heterocycles. The van der Waals surface area contributed by atoms with E-state index in [4.69, 9.17) is 9.47 Å². The first-order valence-electron chi connectivity index (χ1n) is 10.8. The molecule has 0 radical (unpaired) electrons. The molecule has 188 valence electrons. The number of anilines is 1. The van der Waals surface area contributed by atoms with Crippen molar-refractivity contribution in [2.75, 3.05) is 25.8 Å². The fourth-order valence-electron chi connectivity index (χ4n) is 4.04. The van der Waals surface area contributed by atoms with Crippen LogP contribution in [-0.4, -0.2) is 39.7 Å². The van der Waals surface area contributed by atoms with Crippen LogP contribution < -0.4 is 14.8 Å². The second-order valence-electron chi connectivity index (χ2n) is 8.29. The van der Waals surface area contributed by atoms with Gasteiger partial charge in [0.1, 0.15) is 29.2 Å². The van der Waals surface area contributed by atoms with Crippen molar-refractivity contribution >= 4 is 32.2 Å². The number of ketones is 1. The summed E-state index contributed by atoms with van der Waals surface area (Å²) in [7, 11) is -0.852. The molecule has 0 aliphatic rings. The summed E-state index contributed by atoms with van der Waals surface area (Å²) >= 11 is 0. The molecule has 2 N–H and O–H groups in total. The van der Waals surface area contributed by atoms with Gasteiger partial charge >= 0.3 is 0 Å². The highest BCUT2D eigenvalue weighted by Crippen LogP contribution is 2.35. The minimum atomic E-state index is -3.60. The lowest BCUT2D eigenvalue weighted by atomic mass is 9.95. The van der Waals surface area contributed by atoms with Crippen LogP contribution in [0.15, 0.2) is 59.6 Å². The van der Waals surface area contributed by atoms with Gasteiger partial charge in [0.15, 0.2) is 15.6 Å². The van der Waals surface area contributed by atoms with Gasteiger partial charge in [0.05, 0.1) is 24.6 Å². The second-order valence-corrected chi connectivity index (χ2v) is 10.3. The fourth-order valence-corrected chi connectivity index (χ4v) is 4.71. The third-order valence-corrected chi connectivity index (χ3v) is 7.03. The van der Waals surface area contributed by atoms with E-state index >= 15 is 0 Å². The predicted molar refractivity (Wildman–Crippen MR) is 133 cm³/mol. The van der Waals surface area contributed by atoms with Gasteiger partial charge < -0.3 is 19.8 Å². The van der Waals surface area contributed by atoms with E-state index in [0.29, 0.717) is 22.0 Å². The number of sulfone groups is 1. The third-order valence-electron chi connectivity index (χ3n) is 5.94. The average molecular weight is 515 g/mol. The summed E-state index contributed by atoms with van der Waals surface area (Å²) in [5.74, 6) is -1.02. The Kier molecular flexibility index (Phi) is 6.73. The summed E-state index contributed by atoms with van der Waals surface area (Å²) in [6.45, 7) is 1.60. The molecule has 7 nitrogen and oxygen atoms in total. The third kappa shape index (κ3) is 4.76. The second kappa shape index (κ2) is 9.62. The molecule has 1 unspecified atom stereocenters. The Morgan fingerprint density at radius 2 is 1.78 bits per heavy atom. The van der Waals surface area contributed by atoms with Gasteiger partial charge in [-0.25, -0.2) is 17.2 Å². The molecular formula is C26H24F2N2O5S. The zero-order valence-corrected chi connectivity index (χ0v) is 20.8. The Balaban J connectivity index is 1.89. The number of rotatable bonds is 8. The van der Waals surface area contributed by atoms with Crippen molar-refractivity contribution in [1.82, 2.24) is 4.98 Å². The van der Waals surface area contributed by atoms with Gasteiger partial charge in [-0.3, -0.25) is 4.79 Å². The number of aromatic amines is 1. The highest BCUT2D eigenvalue weighted by atomic mass is 32.2. The maximum atomic E-state index is 14.1. The van der Waals surface area contributed by atoms with Crippen molar-refractivity contribution in [2.45, 2.75) is 17.9 Å². The number of halogens is 2. The molecule has 1 atom stereocenters.